The quantitative estimate of drug-likeness (QED) is 0.101. The molecule has 54 heavy (non-hydrogen) atoms. The molecule has 0 unspecified atom stereocenters. The second-order valence-corrected chi connectivity index (χ2v) is 13.1. The minimum atomic E-state index is -1.12. The number of hydrogen-bond donors (Lipinski definition) is 1. The fraction of sp³-hybridized carbons (Fsp3) is 0.143. The molecule has 270 valence electrons. The maximum atomic E-state index is 12.3. The van der Waals surface area contributed by atoms with Gasteiger partial charge >= 0.3 is 0 Å². The summed E-state index contributed by atoms with van der Waals surface area (Å²) in [6, 6.07) is 68.3. The van der Waals surface area contributed by atoms with Crippen molar-refractivity contribution < 1.29 is 24.1 Å². The van der Waals surface area contributed by atoms with Gasteiger partial charge in [0.2, 0.25) is 0 Å². The minimum Gasteiger partial charge on any atom is -0.497 e. The molecule has 5 nitrogen and oxygen atoms in total. The lowest BCUT2D eigenvalue weighted by Crippen LogP contribution is -2.45. The van der Waals surface area contributed by atoms with Crippen LogP contribution in [0.1, 0.15) is 33.4 Å². The summed E-state index contributed by atoms with van der Waals surface area (Å²) in [7, 11) is 1.63. The van der Waals surface area contributed by atoms with Gasteiger partial charge in [-0.2, -0.15) is 0 Å². The number of benzene rings is 7. The Hall–Kier alpha value is -5.98. The summed E-state index contributed by atoms with van der Waals surface area (Å²) in [5.41, 5.74) is 3.62. The van der Waals surface area contributed by atoms with Crippen molar-refractivity contribution in [3.05, 3.63) is 240 Å². The molecule has 0 saturated carbocycles. The largest absolute Gasteiger partial charge is 0.497 e. The number of aliphatic hydroxyl groups is 1. The van der Waals surface area contributed by atoms with Gasteiger partial charge in [0.1, 0.15) is 34.9 Å². The fourth-order valence-corrected chi connectivity index (χ4v) is 7.11. The summed E-state index contributed by atoms with van der Waals surface area (Å²) < 4.78 is 26.4. The monoisotopic (exact) mass is 712 g/mol. The Morgan fingerprint density at radius 3 is 0.963 bits per heavy atom. The molecule has 0 aromatic heterocycles. The van der Waals surface area contributed by atoms with Gasteiger partial charge in [-0.15, -0.1) is 0 Å². The lowest BCUT2D eigenvalue weighted by molar-refractivity contribution is -0.106. The van der Waals surface area contributed by atoms with Crippen molar-refractivity contribution in [2.75, 3.05) is 20.3 Å². The van der Waals surface area contributed by atoms with Crippen LogP contribution in [0.2, 0.25) is 0 Å². The third-order valence-corrected chi connectivity index (χ3v) is 9.79. The molecule has 0 spiro atoms. The average molecular weight is 713 g/mol. The van der Waals surface area contributed by atoms with Gasteiger partial charge in [0.05, 0.1) is 20.3 Å². The molecule has 1 N–H and O–H groups in total. The molecule has 0 aliphatic carbocycles. The van der Waals surface area contributed by atoms with Crippen LogP contribution in [0.3, 0.4) is 0 Å². The Bertz CT molecular complexity index is 1930. The van der Waals surface area contributed by atoms with Gasteiger partial charge in [-0.25, -0.2) is 0 Å². The molecule has 0 heterocycles. The Morgan fingerprint density at radius 2 is 0.667 bits per heavy atom. The van der Waals surface area contributed by atoms with Crippen molar-refractivity contribution in [3.63, 3.8) is 0 Å². The van der Waals surface area contributed by atoms with Crippen molar-refractivity contribution in [1.82, 2.24) is 0 Å². The van der Waals surface area contributed by atoms with Gasteiger partial charge < -0.3 is 24.1 Å². The molecule has 0 aliphatic rings. The third-order valence-electron chi connectivity index (χ3n) is 9.79. The van der Waals surface area contributed by atoms with E-state index in [1.807, 2.05) is 133 Å². The molecule has 7 rings (SSSR count). The van der Waals surface area contributed by atoms with Crippen molar-refractivity contribution >= 4 is 0 Å². The van der Waals surface area contributed by atoms with E-state index in [-0.39, 0.29) is 13.2 Å². The van der Waals surface area contributed by atoms with Gasteiger partial charge in [0.15, 0.2) is 0 Å². The van der Waals surface area contributed by atoms with Crippen LogP contribution in [-0.2, 0) is 20.7 Å². The number of rotatable bonds is 16. The summed E-state index contributed by atoms with van der Waals surface area (Å²) in [4.78, 5) is 0. The van der Waals surface area contributed by atoms with E-state index < -0.39 is 23.4 Å². The molecule has 0 amide bonds. The maximum Gasteiger partial charge on any atom is 0.150 e. The number of methoxy groups -OCH3 is 1. The van der Waals surface area contributed by atoms with E-state index in [4.69, 9.17) is 18.9 Å². The SMILES string of the molecule is COc1ccc(O[C@H](COC(c2ccccc2)(c2ccccc2)c2ccccc2)[C@H](O)COC(c2ccccc2)(c2ccccc2)c2ccccc2)cc1. The van der Waals surface area contributed by atoms with E-state index in [1.165, 1.54) is 0 Å². The molecule has 2 atom stereocenters. The molecule has 7 aromatic carbocycles. The molecule has 0 radical (unpaired) electrons. The first-order chi connectivity index (χ1) is 26.6. The van der Waals surface area contributed by atoms with Crippen LogP contribution in [0.25, 0.3) is 0 Å². The molecule has 7 aromatic rings. The van der Waals surface area contributed by atoms with Crippen LogP contribution >= 0.6 is 0 Å². The standard InChI is InChI=1S/C49H44O5/c1-51-44-32-34-45(35-33-44)54-47(37-53-49(41-26-14-5-15-27-41,42-28-16-6-17-29-42)43-30-18-7-19-31-43)46(50)36-52-48(38-20-8-2-9-21-38,39-22-10-3-11-23-39)40-24-12-4-13-25-40/h2-35,46-47,50H,36-37H2,1H3/t46-,47-/m1/s1. The highest BCUT2D eigenvalue weighted by atomic mass is 16.6. The van der Waals surface area contributed by atoms with Crippen molar-refractivity contribution in [1.29, 1.82) is 0 Å². The van der Waals surface area contributed by atoms with E-state index in [9.17, 15) is 5.11 Å². The summed E-state index contributed by atoms with van der Waals surface area (Å²) in [6.45, 7) is -0.0534. The molecular weight excluding hydrogens is 669 g/mol. The van der Waals surface area contributed by atoms with Gasteiger partial charge in [-0.1, -0.05) is 182 Å². The van der Waals surface area contributed by atoms with Gasteiger partial charge in [0, 0.05) is 0 Å². The zero-order valence-electron chi connectivity index (χ0n) is 30.3. The van der Waals surface area contributed by atoms with E-state index in [0.717, 1.165) is 33.4 Å². The zero-order chi connectivity index (χ0) is 37.1. The number of ether oxygens (including phenoxy) is 4. The predicted molar refractivity (Wildman–Crippen MR) is 214 cm³/mol. The number of aliphatic hydroxyl groups excluding tert-OH is 1. The summed E-state index contributed by atoms with van der Waals surface area (Å²) >= 11 is 0. The lowest BCUT2D eigenvalue weighted by atomic mass is 9.80. The van der Waals surface area contributed by atoms with Crippen molar-refractivity contribution in [3.8, 4) is 11.5 Å². The molecule has 5 heteroatoms. The Morgan fingerprint density at radius 1 is 0.389 bits per heavy atom. The fourth-order valence-electron chi connectivity index (χ4n) is 7.11. The first-order valence-corrected chi connectivity index (χ1v) is 18.2. The molecule has 0 bridgehead atoms. The van der Waals surface area contributed by atoms with Crippen LogP contribution in [0.15, 0.2) is 206 Å². The predicted octanol–water partition coefficient (Wildman–Crippen LogP) is 9.82. The highest BCUT2D eigenvalue weighted by Gasteiger charge is 2.41. The average Bonchev–Trinajstić information content (AvgIpc) is 3.26. The third kappa shape index (κ3) is 7.71. The van der Waals surface area contributed by atoms with Gasteiger partial charge in [0.25, 0.3) is 0 Å². The first-order valence-electron chi connectivity index (χ1n) is 18.2. The summed E-state index contributed by atoms with van der Waals surface area (Å²) in [5.74, 6) is 1.27. The van der Waals surface area contributed by atoms with Crippen LogP contribution in [0.5, 0.6) is 11.5 Å². The maximum absolute atomic E-state index is 12.3. The topological polar surface area (TPSA) is 57.2 Å². The molecule has 0 aliphatic heterocycles. The van der Waals surface area contributed by atoms with Gasteiger partial charge in [-0.3, -0.25) is 0 Å². The first kappa shape index (κ1) is 36.4. The molecule has 0 saturated heterocycles. The molecular formula is C49H44O5. The van der Waals surface area contributed by atoms with E-state index in [0.29, 0.717) is 11.5 Å². The normalized spacial score (nSPS) is 12.8. The van der Waals surface area contributed by atoms with Crippen LogP contribution < -0.4 is 9.47 Å². The smallest absolute Gasteiger partial charge is 0.150 e. The summed E-state index contributed by atoms with van der Waals surface area (Å²) in [6.07, 6.45) is -1.98. The highest BCUT2D eigenvalue weighted by molar-refractivity contribution is 5.49. The van der Waals surface area contributed by atoms with Crippen molar-refractivity contribution in [2.24, 2.45) is 0 Å². The van der Waals surface area contributed by atoms with Crippen LogP contribution in [0, 0.1) is 0 Å². The van der Waals surface area contributed by atoms with E-state index in [1.54, 1.807) is 7.11 Å². The Labute approximate surface area is 318 Å². The second-order valence-electron chi connectivity index (χ2n) is 13.1. The minimum absolute atomic E-state index is 0.0181. The zero-order valence-corrected chi connectivity index (χ0v) is 30.3. The lowest BCUT2D eigenvalue weighted by Gasteiger charge is -2.39. The Balaban J connectivity index is 1.29. The second kappa shape index (κ2) is 17.2. The summed E-state index contributed by atoms with van der Waals surface area (Å²) in [5, 5.41) is 12.3. The van der Waals surface area contributed by atoms with E-state index >= 15 is 0 Å². The Kier molecular flexibility index (Phi) is 11.6. The van der Waals surface area contributed by atoms with E-state index in [2.05, 4.69) is 72.8 Å². The van der Waals surface area contributed by atoms with Crippen molar-refractivity contribution in [2.45, 2.75) is 23.4 Å². The molecule has 0 fully saturated rings. The van der Waals surface area contributed by atoms with Crippen LogP contribution in [0.4, 0.5) is 0 Å². The number of hydrogen-bond acceptors (Lipinski definition) is 5. The van der Waals surface area contributed by atoms with Gasteiger partial charge in [-0.05, 0) is 57.6 Å². The highest BCUT2D eigenvalue weighted by Crippen LogP contribution is 2.42. The van der Waals surface area contributed by atoms with Crippen LogP contribution in [-0.4, -0.2) is 37.6 Å².